The SMILES string of the molecule is C=CCNCC1CCN(c2ncnc3scc(-c4ccccc4)c23)CC1.CC(=O)N1CCCC1. The van der Waals surface area contributed by atoms with Crippen LogP contribution in [0.3, 0.4) is 0 Å². The van der Waals surface area contributed by atoms with Crippen molar-refractivity contribution in [2.75, 3.05) is 44.2 Å². The first-order chi connectivity index (χ1) is 16.7. The van der Waals surface area contributed by atoms with Crippen LogP contribution in [-0.4, -0.2) is 60.0 Å². The molecule has 0 atom stereocenters. The van der Waals surface area contributed by atoms with Gasteiger partial charge >= 0.3 is 0 Å². The topological polar surface area (TPSA) is 61.4 Å². The van der Waals surface area contributed by atoms with Crippen LogP contribution in [0.4, 0.5) is 5.82 Å². The van der Waals surface area contributed by atoms with Gasteiger partial charge in [0, 0.05) is 50.6 Å². The Morgan fingerprint density at radius 2 is 1.88 bits per heavy atom. The highest BCUT2D eigenvalue weighted by Crippen LogP contribution is 2.38. The standard InChI is InChI=1S/C21H24N4S.C6H11NO/c1-2-10-22-13-16-8-11-25(12-9-16)20-19-18(17-6-4-3-5-7-17)14-26-21(19)24-15-23-20;1-6(8)7-4-2-3-5-7/h2-7,14-16,22H,1,8-13H2;2-5H2,1H3. The van der Waals surface area contributed by atoms with E-state index in [4.69, 9.17) is 0 Å². The molecule has 2 aromatic heterocycles. The van der Waals surface area contributed by atoms with Crippen LogP contribution in [0.5, 0.6) is 0 Å². The van der Waals surface area contributed by atoms with Crippen molar-refractivity contribution in [1.82, 2.24) is 20.2 Å². The van der Waals surface area contributed by atoms with Crippen molar-refractivity contribution in [1.29, 1.82) is 0 Å². The molecule has 34 heavy (non-hydrogen) atoms. The molecule has 4 heterocycles. The molecule has 0 unspecified atom stereocenters. The lowest BCUT2D eigenvalue weighted by molar-refractivity contribution is -0.127. The molecule has 0 spiro atoms. The minimum Gasteiger partial charge on any atom is -0.356 e. The zero-order chi connectivity index (χ0) is 23.8. The van der Waals surface area contributed by atoms with Crippen LogP contribution >= 0.6 is 11.3 Å². The van der Waals surface area contributed by atoms with Crippen LogP contribution in [0, 0.1) is 5.92 Å². The maximum Gasteiger partial charge on any atom is 0.219 e. The van der Waals surface area contributed by atoms with Gasteiger partial charge in [0.05, 0.1) is 5.39 Å². The first-order valence-electron chi connectivity index (χ1n) is 12.3. The zero-order valence-electron chi connectivity index (χ0n) is 20.1. The Kier molecular flexibility index (Phi) is 8.66. The Labute approximate surface area is 206 Å². The Hall–Kier alpha value is -2.77. The second-order valence-corrected chi connectivity index (χ2v) is 9.84. The quantitative estimate of drug-likeness (QED) is 0.401. The number of hydrogen-bond acceptors (Lipinski definition) is 6. The molecule has 7 heteroatoms. The first kappa shape index (κ1) is 24.4. The normalized spacial score (nSPS) is 16.4. The van der Waals surface area contributed by atoms with Crippen LogP contribution in [0.1, 0.15) is 32.6 Å². The number of fused-ring (bicyclic) bond motifs is 1. The predicted octanol–water partition coefficient (Wildman–Crippen LogP) is 4.98. The smallest absolute Gasteiger partial charge is 0.219 e. The summed E-state index contributed by atoms with van der Waals surface area (Å²) in [5, 5.41) is 6.87. The van der Waals surface area contributed by atoms with Gasteiger partial charge in [0.15, 0.2) is 0 Å². The number of anilines is 1. The van der Waals surface area contributed by atoms with Crippen LogP contribution in [0.2, 0.25) is 0 Å². The van der Waals surface area contributed by atoms with E-state index in [9.17, 15) is 4.79 Å². The number of nitrogens with zero attached hydrogens (tertiary/aromatic N) is 4. The summed E-state index contributed by atoms with van der Waals surface area (Å²) in [6, 6.07) is 10.6. The predicted molar refractivity (Wildman–Crippen MR) is 142 cm³/mol. The fourth-order valence-electron chi connectivity index (χ4n) is 4.70. The molecule has 2 fully saturated rings. The van der Waals surface area contributed by atoms with E-state index in [1.165, 1.54) is 42.2 Å². The Morgan fingerprint density at radius 3 is 2.53 bits per heavy atom. The number of carbonyl (C=O) groups excluding carboxylic acids is 1. The molecule has 1 amide bonds. The van der Waals surface area contributed by atoms with Crippen molar-refractivity contribution in [3.8, 4) is 11.1 Å². The summed E-state index contributed by atoms with van der Waals surface area (Å²) in [6.45, 7) is 11.4. The van der Waals surface area contributed by atoms with Crippen molar-refractivity contribution in [2.24, 2.45) is 5.92 Å². The van der Waals surface area contributed by atoms with Gasteiger partial charge in [0.25, 0.3) is 0 Å². The van der Waals surface area contributed by atoms with Crippen molar-refractivity contribution in [3.05, 3.63) is 54.7 Å². The summed E-state index contributed by atoms with van der Waals surface area (Å²) in [4.78, 5) is 25.2. The minimum absolute atomic E-state index is 0.225. The molecule has 180 valence electrons. The molecule has 0 bridgehead atoms. The van der Waals surface area contributed by atoms with Gasteiger partial charge in [0.1, 0.15) is 17.0 Å². The maximum atomic E-state index is 10.6. The molecule has 0 aliphatic carbocycles. The number of piperidine rings is 1. The summed E-state index contributed by atoms with van der Waals surface area (Å²) >= 11 is 1.70. The number of nitrogens with one attached hydrogen (secondary N) is 1. The maximum absolute atomic E-state index is 10.6. The van der Waals surface area contributed by atoms with Crippen molar-refractivity contribution in [3.63, 3.8) is 0 Å². The van der Waals surface area contributed by atoms with Crippen LogP contribution in [0.25, 0.3) is 21.3 Å². The second kappa shape index (κ2) is 12.1. The molecule has 6 nitrogen and oxygen atoms in total. The number of aromatic nitrogens is 2. The molecule has 0 radical (unpaired) electrons. The number of hydrogen-bond donors (Lipinski definition) is 1. The third-order valence-corrected chi connectivity index (χ3v) is 7.51. The third kappa shape index (κ3) is 6.02. The van der Waals surface area contributed by atoms with E-state index in [1.54, 1.807) is 24.6 Å². The van der Waals surface area contributed by atoms with Crippen LogP contribution in [-0.2, 0) is 4.79 Å². The van der Waals surface area contributed by atoms with Crippen LogP contribution in [0.15, 0.2) is 54.7 Å². The Balaban J connectivity index is 0.000000291. The van der Waals surface area contributed by atoms with E-state index < -0.39 is 0 Å². The number of thiophene rings is 1. The fraction of sp³-hybridized carbons (Fsp3) is 0.444. The third-order valence-electron chi connectivity index (χ3n) is 6.62. The lowest BCUT2D eigenvalue weighted by atomic mass is 9.96. The highest BCUT2D eigenvalue weighted by atomic mass is 32.1. The van der Waals surface area contributed by atoms with Crippen molar-refractivity contribution >= 4 is 33.3 Å². The molecule has 5 rings (SSSR count). The monoisotopic (exact) mass is 477 g/mol. The molecule has 2 aliphatic heterocycles. The van der Waals surface area contributed by atoms with E-state index in [2.05, 4.69) is 62.5 Å². The average molecular weight is 478 g/mol. The van der Waals surface area contributed by atoms with Crippen LogP contribution < -0.4 is 10.2 Å². The van der Waals surface area contributed by atoms with E-state index in [-0.39, 0.29) is 5.91 Å². The Morgan fingerprint density at radius 1 is 1.15 bits per heavy atom. The molecule has 2 saturated heterocycles. The largest absolute Gasteiger partial charge is 0.356 e. The van der Waals surface area contributed by atoms with Gasteiger partial charge in [-0.1, -0.05) is 36.4 Å². The molecule has 1 aromatic carbocycles. The Bertz CT molecular complexity index is 1070. The summed E-state index contributed by atoms with van der Waals surface area (Å²) in [7, 11) is 0. The number of benzene rings is 1. The van der Waals surface area contributed by atoms with E-state index in [0.29, 0.717) is 0 Å². The summed E-state index contributed by atoms with van der Waals surface area (Å²) in [6.07, 6.45) is 8.41. The number of rotatable bonds is 6. The lowest BCUT2D eigenvalue weighted by Crippen LogP contribution is -2.37. The molecular formula is C27H35N5OS. The molecule has 3 aromatic rings. The molecule has 2 aliphatic rings. The summed E-state index contributed by atoms with van der Waals surface area (Å²) < 4.78 is 0. The van der Waals surface area contributed by atoms with Gasteiger partial charge < -0.3 is 15.1 Å². The molecule has 0 saturated carbocycles. The molecular weight excluding hydrogens is 442 g/mol. The average Bonchev–Trinajstić information content (AvgIpc) is 3.56. The van der Waals surface area contributed by atoms with Gasteiger partial charge in [-0.05, 0) is 43.7 Å². The fourth-order valence-corrected chi connectivity index (χ4v) is 5.61. The van der Waals surface area contributed by atoms with Crippen molar-refractivity contribution in [2.45, 2.75) is 32.6 Å². The van der Waals surface area contributed by atoms with Gasteiger partial charge in [-0.15, -0.1) is 17.9 Å². The first-order valence-corrected chi connectivity index (χ1v) is 13.1. The van der Waals surface area contributed by atoms with Gasteiger partial charge in [-0.25, -0.2) is 9.97 Å². The van der Waals surface area contributed by atoms with E-state index in [1.807, 2.05) is 11.0 Å². The number of amides is 1. The minimum atomic E-state index is 0.225. The number of carbonyl (C=O) groups is 1. The lowest BCUT2D eigenvalue weighted by Gasteiger charge is -2.33. The highest BCUT2D eigenvalue weighted by molar-refractivity contribution is 7.17. The summed E-state index contributed by atoms with van der Waals surface area (Å²) in [5.74, 6) is 2.05. The van der Waals surface area contributed by atoms with E-state index >= 15 is 0 Å². The van der Waals surface area contributed by atoms with E-state index in [0.717, 1.165) is 55.8 Å². The van der Waals surface area contributed by atoms with Crippen molar-refractivity contribution < 1.29 is 4.79 Å². The molecule has 1 N–H and O–H groups in total. The van der Waals surface area contributed by atoms with Gasteiger partial charge in [-0.2, -0.15) is 0 Å². The summed E-state index contributed by atoms with van der Waals surface area (Å²) in [5.41, 5.74) is 2.48. The highest BCUT2D eigenvalue weighted by Gasteiger charge is 2.23. The number of likely N-dealkylation sites (tertiary alicyclic amines) is 1. The second-order valence-electron chi connectivity index (χ2n) is 8.98. The van der Waals surface area contributed by atoms with Gasteiger partial charge in [0.2, 0.25) is 5.91 Å². The zero-order valence-corrected chi connectivity index (χ0v) is 20.9. The van der Waals surface area contributed by atoms with Gasteiger partial charge in [-0.3, -0.25) is 4.79 Å².